The quantitative estimate of drug-likeness (QED) is 0.482. The number of ketones is 2. The molecule has 0 heterocycles. The van der Waals surface area contributed by atoms with Gasteiger partial charge in [-0.2, -0.15) is 5.26 Å². The zero-order chi connectivity index (χ0) is 20.0. The van der Waals surface area contributed by atoms with Crippen LogP contribution in [0.4, 0.5) is 0 Å². The molecule has 0 bridgehead atoms. The van der Waals surface area contributed by atoms with Gasteiger partial charge in [0.25, 0.3) is 0 Å². The highest BCUT2D eigenvalue weighted by Crippen LogP contribution is 2.63. The van der Waals surface area contributed by atoms with E-state index in [0.717, 1.165) is 12.0 Å². The number of fused-ring (bicyclic) bond motifs is 3. The van der Waals surface area contributed by atoms with E-state index >= 15 is 0 Å². The molecule has 3 rings (SSSR count). The average molecular weight is 358 g/mol. The molecule has 0 aromatic heterocycles. The van der Waals surface area contributed by atoms with Crippen LogP contribution in [0.2, 0.25) is 0 Å². The Morgan fingerprint density at radius 2 is 2.00 bits per heavy atom. The van der Waals surface area contributed by atoms with Crippen molar-refractivity contribution in [3.05, 3.63) is 46.5 Å². The first-order chi connectivity index (χ1) is 12.7. The van der Waals surface area contributed by atoms with Crippen LogP contribution >= 0.6 is 0 Å². The molecular formula is C23H22N2O2. The second-order valence-electron chi connectivity index (χ2n) is 8.28. The summed E-state index contributed by atoms with van der Waals surface area (Å²) >= 11 is 0. The maximum absolute atomic E-state index is 12.8. The van der Waals surface area contributed by atoms with Gasteiger partial charge in [0.15, 0.2) is 11.6 Å². The van der Waals surface area contributed by atoms with Crippen LogP contribution < -0.4 is 0 Å². The van der Waals surface area contributed by atoms with E-state index in [1.807, 2.05) is 33.8 Å². The third-order valence-corrected chi connectivity index (χ3v) is 6.40. The molecule has 4 heteroatoms. The van der Waals surface area contributed by atoms with Gasteiger partial charge in [-0.15, -0.1) is 5.92 Å². The van der Waals surface area contributed by atoms with Crippen LogP contribution in [0.5, 0.6) is 0 Å². The summed E-state index contributed by atoms with van der Waals surface area (Å²) in [6.07, 6.45) is 7.05. The lowest BCUT2D eigenvalue weighted by atomic mass is 9.46. The molecule has 0 amide bonds. The van der Waals surface area contributed by atoms with Crippen molar-refractivity contribution in [1.82, 2.24) is 0 Å². The Labute approximate surface area is 160 Å². The SMILES string of the molecule is [C-]#[N+]C1=C[C@]2(C)C3=CC(=O)C(C#N)=C[C@]3(C#CCC)CC[C@H]2C(C)(C)C1=O. The fraction of sp³-hybridized carbons (Fsp3) is 0.478. The number of carbonyl (C=O) groups excluding carboxylic acids is 2. The van der Waals surface area contributed by atoms with Crippen molar-refractivity contribution in [3.8, 4) is 17.9 Å². The Hall–Kier alpha value is -2.90. The van der Waals surface area contributed by atoms with Crippen molar-refractivity contribution in [2.24, 2.45) is 22.2 Å². The molecule has 0 unspecified atom stereocenters. The predicted octanol–water partition coefficient (Wildman–Crippen LogP) is 4.17. The Bertz CT molecular complexity index is 984. The first kappa shape index (κ1) is 18.9. The van der Waals surface area contributed by atoms with Gasteiger partial charge in [0.1, 0.15) is 6.07 Å². The minimum Gasteiger partial charge on any atom is -0.307 e. The molecule has 0 saturated heterocycles. The van der Waals surface area contributed by atoms with Crippen LogP contribution in [0.25, 0.3) is 4.85 Å². The minimum absolute atomic E-state index is 0.0318. The number of hydrogen-bond acceptors (Lipinski definition) is 3. The van der Waals surface area contributed by atoms with Crippen molar-refractivity contribution in [3.63, 3.8) is 0 Å². The topological polar surface area (TPSA) is 62.3 Å². The number of Topliss-reactive ketones (excluding diaryl/α,β-unsaturated/α-hetero) is 1. The van der Waals surface area contributed by atoms with Crippen molar-refractivity contribution in [1.29, 1.82) is 5.26 Å². The first-order valence-corrected chi connectivity index (χ1v) is 9.21. The predicted molar refractivity (Wildman–Crippen MR) is 102 cm³/mol. The number of nitrogens with zero attached hydrogens (tertiary/aromatic N) is 2. The van der Waals surface area contributed by atoms with Gasteiger partial charge in [0.2, 0.25) is 5.70 Å². The summed E-state index contributed by atoms with van der Waals surface area (Å²) < 4.78 is 0. The fourth-order valence-electron chi connectivity index (χ4n) is 5.14. The molecule has 0 aromatic rings. The van der Waals surface area contributed by atoms with E-state index in [2.05, 4.69) is 16.7 Å². The summed E-state index contributed by atoms with van der Waals surface area (Å²) in [5.74, 6) is 5.95. The Balaban J connectivity index is 2.31. The number of allylic oxidation sites excluding steroid dienone is 6. The van der Waals surface area contributed by atoms with Crippen LogP contribution in [0.1, 0.15) is 47.0 Å². The van der Waals surface area contributed by atoms with E-state index in [-0.39, 0.29) is 28.8 Å². The molecule has 4 nitrogen and oxygen atoms in total. The van der Waals surface area contributed by atoms with Crippen molar-refractivity contribution >= 4 is 11.6 Å². The first-order valence-electron chi connectivity index (χ1n) is 9.21. The molecule has 3 aliphatic carbocycles. The van der Waals surface area contributed by atoms with Gasteiger partial charge in [0, 0.05) is 17.3 Å². The van der Waals surface area contributed by atoms with Gasteiger partial charge >= 0.3 is 0 Å². The highest BCUT2D eigenvalue weighted by molar-refractivity contribution is 6.09. The molecule has 1 saturated carbocycles. The zero-order valence-corrected chi connectivity index (χ0v) is 16.1. The summed E-state index contributed by atoms with van der Waals surface area (Å²) in [5.41, 5.74) is -0.964. The molecule has 1 fully saturated rings. The van der Waals surface area contributed by atoms with E-state index in [1.54, 1.807) is 18.2 Å². The van der Waals surface area contributed by atoms with E-state index in [4.69, 9.17) is 6.57 Å². The van der Waals surface area contributed by atoms with Gasteiger partial charge in [-0.1, -0.05) is 39.7 Å². The Kier molecular flexibility index (Phi) is 4.25. The van der Waals surface area contributed by atoms with E-state index < -0.39 is 16.2 Å². The fourth-order valence-corrected chi connectivity index (χ4v) is 5.14. The molecule has 0 aliphatic heterocycles. The monoisotopic (exact) mass is 358 g/mol. The second-order valence-corrected chi connectivity index (χ2v) is 8.28. The molecule has 0 aromatic carbocycles. The van der Waals surface area contributed by atoms with Crippen molar-refractivity contribution in [2.75, 3.05) is 0 Å². The Morgan fingerprint density at radius 1 is 1.30 bits per heavy atom. The number of nitriles is 1. The third kappa shape index (κ3) is 2.50. The standard InChI is InChI=1S/C23H22N2O2/c1-6-7-9-23-10-8-18-21(2,3)20(27)16(25-5)13-22(18,4)19(23)11-17(26)15(12-23)14-24/h11-13,18H,6,8,10H2,1-4H3/t18-,22-,23-/m0/s1. The highest BCUT2D eigenvalue weighted by Gasteiger charge is 2.59. The van der Waals surface area contributed by atoms with E-state index in [0.29, 0.717) is 12.8 Å². The van der Waals surface area contributed by atoms with Crippen molar-refractivity contribution < 1.29 is 9.59 Å². The lowest BCUT2D eigenvalue weighted by molar-refractivity contribution is -0.130. The summed E-state index contributed by atoms with van der Waals surface area (Å²) in [6, 6.07) is 2.00. The molecule has 0 radical (unpaired) electrons. The molecule has 0 spiro atoms. The summed E-state index contributed by atoms with van der Waals surface area (Å²) in [6.45, 7) is 15.2. The van der Waals surface area contributed by atoms with Crippen LogP contribution in [0.3, 0.4) is 0 Å². The van der Waals surface area contributed by atoms with Gasteiger partial charge < -0.3 is 4.79 Å². The van der Waals surface area contributed by atoms with Crippen LogP contribution in [0, 0.1) is 51.9 Å². The minimum atomic E-state index is -0.698. The molecule has 0 N–H and O–H groups in total. The zero-order valence-electron chi connectivity index (χ0n) is 16.1. The maximum Gasteiger partial charge on any atom is 0.226 e. The number of hydrogen-bond donors (Lipinski definition) is 0. The maximum atomic E-state index is 12.8. The molecular weight excluding hydrogens is 336 g/mol. The number of carbonyl (C=O) groups is 2. The van der Waals surface area contributed by atoms with E-state index in [1.165, 1.54) is 0 Å². The molecule has 3 aliphatic rings. The van der Waals surface area contributed by atoms with Gasteiger partial charge in [-0.25, -0.2) is 4.85 Å². The molecule has 3 atom stereocenters. The van der Waals surface area contributed by atoms with Crippen LogP contribution in [-0.4, -0.2) is 11.6 Å². The average Bonchev–Trinajstić information content (AvgIpc) is 2.63. The molecule has 27 heavy (non-hydrogen) atoms. The van der Waals surface area contributed by atoms with Crippen molar-refractivity contribution in [2.45, 2.75) is 47.0 Å². The number of rotatable bonds is 0. The second kappa shape index (κ2) is 6.07. The molecule has 136 valence electrons. The summed E-state index contributed by atoms with van der Waals surface area (Å²) in [5, 5.41) is 9.37. The van der Waals surface area contributed by atoms with Gasteiger partial charge in [-0.05, 0) is 36.5 Å². The van der Waals surface area contributed by atoms with E-state index in [9.17, 15) is 14.9 Å². The largest absolute Gasteiger partial charge is 0.307 e. The third-order valence-electron chi connectivity index (χ3n) is 6.40. The highest BCUT2D eigenvalue weighted by atomic mass is 16.1. The summed E-state index contributed by atoms with van der Waals surface area (Å²) in [7, 11) is 0. The lowest BCUT2D eigenvalue weighted by Crippen LogP contribution is -2.53. The van der Waals surface area contributed by atoms with Gasteiger partial charge in [0.05, 0.1) is 17.6 Å². The smallest absolute Gasteiger partial charge is 0.226 e. The normalized spacial score (nSPS) is 33.7. The lowest BCUT2D eigenvalue weighted by Gasteiger charge is -2.56. The Morgan fingerprint density at radius 3 is 2.59 bits per heavy atom. The van der Waals surface area contributed by atoms with Crippen LogP contribution in [-0.2, 0) is 9.59 Å². The summed E-state index contributed by atoms with van der Waals surface area (Å²) in [4.78, 5) is 28.8. The van der Waals surface area contributed by atoms with Crippen LogP contribution in [0.15, 0.2) is 35.1 Å². The van der Waals surface area contributed by atoms with Gasteiger partial charge in [-0.3, -0.25) is 4.79 Å².